The number of aryl methyl sites for hydroxylation is 1. The SMILES string of the molecule is Cc1cc([N+](=O)[O-])cc(CN)c1N1CCOCC1.Cl. The molecular weight excluding hydrogens is 270 g/mol. The number of nitro groups is 1. The van der Waals surface area contributed by atoms with Crippen LogP contribution in [-0.2, 0) is 11.3 Å². The first-order valence-electron chi connectivity index (χ1n) is 5.94. The van der Waals surface area contributed by atoms with E-state index in [-0.39, 0.29) is 23.0 Å². The van der Waals surface area contributed by atoms with E-state index in [1.165, 1.54) is 0 Å². The molecule has 6 nitrogen and oxygen atoms in total. The zero-order valence-electron chi connectivity index (χ0n) is 10.8. The number of rotatable bonds is 3. The molecule has 1 aromatic rings. The molecule has 0 aromatic heterocycles. The molecule has 0 atom stereocenters. The number of morpholine rings is 1. The van der Waals surface area contributed by atoms with Crippen LogP contribution in [0, 0.1) is 17.0 Å². The smallest absolute Gasteiger partial charge is 0.270 e. The van der Waals surface area contributed by atoms with Crippen molar-refractivity contribution in [1.82, 2.24) is 0 Å². The van der Waals surface area contributed by atoms with E-state index >= 15 is 0 Å². The van der Waals surface area contributed by atoms with Gasteiger partial charge in [-0.25, -0.2) is 0 Å². The number of halogens is 1. The first-order valence-corrected chi connectivity index (χ1v) is 5.94. The first kappa shape index (κ1) is 15.7. The van der Waals surface area contributed by atoms with Crippen molar-refractivity contribution in [2.75, 3.05) is 31.2 Å². The van der Waals surface area contributed by atoms with Crippen LogP contribution in [0.25, 0.3) is 0 Å². The van der Waals surface area contributed by atoms with E-state index in [0.717, 1.165) is 29.9 Å². The topological polar surface area (TPSA) is 81.6 Å². The van der Waals surface area contributed by atoms with Crippen molar-refractivity contribution in [3.05, 3.63) is 33.4 Å². The first-order chi connectivity index (χ1) is 8.63. The maximum atomic E-state index is 10.8. The minimum atomic E-state index is -0.380. The van der Waals surface area contributed by atoms with Gasteiger partial charge < -0.3 is 15.4 Å². The summed E-state index contributed by atoms with van der Waals surface area (Å²) in [6.07, 6.45) is 0. The van der Waals surface area contributed by atoms with Gasteiger partial charge in [0.15, 0.2) is 0 Å². The van der Waals surface area contributed by atoms with Crippen LogP contribution in [0.1, 0.15) is 11.1 Å². The number of nitrogens with two attached hydrogens (primary N) is 1. The van der Waals surface area contributed by atoms with Crippen LogP contribution >= 0.6 is 12.4 Å². The van der Waals surface area contributed by atoms with Crippen molar-refractivity contribution in [2.24, 2.45) is 5.73 Å². The Bertz CT molecular complexity index is 462. The molecule has 1 aromatic carbocycles. The lowest BCUT2D eigenvalue weighted by atomic mass is 10.0. The highest BCUT2D eigenvalue weighted by Gasteiger charge is 2.19. The molecule has 7 heteroatoms. The largest absolute Gasteiger partial charge is 0.378 e. The van der Waals surface area contributed by atoms with Crippen LogP contribution < -0.4 is 10.6 Å². The summed E-state index contributed by atoms with van der Waals surface area (Å²) in [6, 6.07) is 3.17. The molecule has 0 bridgehead atoms. The highest BCUT2D eigenvalue weighted by molar-refractivity contribution is 5.85. The molecule has 106 valence electrons. The molecule has 0 radical (unpaired) electrons. The minimum absolute atomic E-state index is 0. The molecule has 1 saturated heterocycles. The Labute approximate surface area is 118 Å². The molecule has 0 unspecified atom stereocenters. The van der Waals surface area contributed by atoms with E-state index in [9.17, 15) is 10.1 Å². The molecule has 0 spiro atoms. The Hall–Kier alpha value is -1.37. The van der Waals surface area contributed by atoms with Gasteiger partial charge in [-0.3, -0.25) is 10.1 Å². The average molecular weight is 288 g/mol. The standard InChI is InChI=1S/C12H17N3O3.ClH/c1-9-6-11(15(16)17)7-10(8-13)12(9)14-2-4-18-5-3-14;/h6-7H,2-5,8,13H2,1H3;1H. The molecular formula is C12H18ClN3O3. The maximum Gasteiger partial charge on any atom is 0.270 e. The van der Waals surface area contributed by atoms with Crippen LogP contribution in [0.3, 0.4) is 0 Å². The number of benzene rings is 1. The summed E-state index contributed by atoms with van der Waals surface area (Å²) in [6.45, 7) is 5.14. The van der Waals surface area contributed by atoms with E-state index in [0.29, 0.717) is 19.8 Å². The van der Waals surface area contributed by atoms with Gasteiger partial charge in [0.2, 0.25) is 0 Å². The highest BCUT2D eigenvalue weighted by atomic mass is 35.5. The number of non-ortho nitro benzene ring substituents is 1. The summed E-state index contributed by atoms with van der Waals surface area (Å²) >= 11 is 0. The van der Waals surface area contributed by atoms with Crippen molar-refractivity contribution in [3.8, 4) is 0 Å². The Kier molecular flexibility index (Phi) is 5.53. The van der Waals surface area contributed by atoms with E-state index in [1.807, 2.05) is 6.92 Å². The van der Waals surface area contributed by atoms with E-state index in [2.05, 4.69) is 4.90 Å². The Morgan fingerprint density at radius 2 is 2.05 bits per heavy atom. The van der Waals surface area contributed by atoms with E-state index in [4.69, 9.17) is 10.5 Å². The van der Waals surface area contributed by atoms with Crippen molar-refractivity contribution < 1.29 is 9.66 Å². The third-order valence-corrected chi connectivity index (χ3v) is 3.12. The third kappa shape index (κ3) is 3.34. The lowest BCUT2D eigenvalue weighted by Crippen LogP contribution is -2.37. The normalized spacial score (nSPS) is 14.9. The van der Waals surface area contributed by atoms with Crippen molar-refractivity contribution in [1.29, 1.82) is 0 Å². The fourth-order valence-electron chi connectivity index (χ4n) is 2.33. The number of hydrogen-bond acceptors (Lipinski definition) is 5. The molecule has 2 N–H and O–H groups in total. The molecule has 19 heavy (non-hydrogen) atoms. The lowest BCUT2D eigenvalue weighted by Gasteiger charge is -2.31. The van der Waals surface area contributed by atoms with Gasteiger partial charge in [0, 0.05) is 37.5 Å². The summed E-state index contributed by atoms with van der Waals surface area (Å²) < 4.78 is 5.32. The van der Waals surface area contributed by atoms with Gasteiger partial charge in [0.1, 0.15) is 0 Å². The third-order valence-electron chi connectivity index (χ3n) is 3.12. The number of ether oxygens (including phenoxy) is 1. The Morgan fingerprint density at radius 3 is 2.58 bits per heavy atom. The van der Waals surface area contributed by atoms with Crippen LogP contribution in [0.2, 0.25) is 0 Å². The van der Waals surface area contributed by atoms with Gasteiger partial charge in [0.25, 0.3) is 5.69 Å². The Morgan fingerprint density at radius 1 is 1.42 bits per heavy atom. The monoisotopic (exact) mass is 287 g/mol. The minimum Gasteiger partial charge on any atom is -0.378 e. The summed E-state index contributed by atoms with van der Waals surface area (Å²) in [5.41, 5.74) is 8.55. The maximum absolute atomic E-state index is 10.8. The number of nitrogens with zero attached hydrogens (tertiary/aromatic N) is 2. The molecule has 1 aliphatic rings. The quantitative estimate of drug-likeness (QED) is 0.675. The lowest BCUT2D eigenvalue weighted by molar-refractivity contribution is -0.384. The second kappa shape index (κ2) is 6.70. The van der Waals surface area contributed by atoms with Crippen LogP contribution in [0.4, 0.5) is 11.4 Å². The molecule has 0 aliphatic carbocycles. The summed E-state index contributed by atoms with van der Waals surface area (Å²) in [5.74, 6) is 0. The zero-order chi connectivity index (χ0) is 13.1. The van der Waals surface area contributed by atoms with Gasteiger partial charge in [-0.15, -0.1) is 12.4 Å². The second-order valence-electron chi connectivity index (χ2n) is 4.33. The number of anilines is 1. The van der Waals surface area contributed by atoms with Crippen LogP contribution in [0.15, 0.2) is 12.1 Å². The molecule has 0 saturated carbocycles. The molecule has 1 aliphatic heterocycles. The second-order valence-corrected chi connectivity index (χ2v) is 4.33. The van der Waals surface area contributed by atoms with E-state index in [1.54, 1.807) is 12.1 Å². The predicted molar refractivity (Wildman–Crippen MR) is 76.0 cm³/mol. The molecule has 2 rings (SSSR count). The van der Waals surface area contributed by atoms with Crippen molar-refractivity contribution >= 4 is 23.8 Å². The Balaban J connectivity index is 0.00000180. The fraction of sp³-hybridized carbons (Fsp3) is 0.500. The number of hydrogen-bond donors (Lipinski definition) is 1. The van der Waals surface area contributed by atoms with Crippen molar-refractivity contribution in [3.63, 3.8) is 0 Å². The summed E-state index contributed by atoms with van der Waals surface area (Å²) in [7, 11) is 0. The summed E-state index contributed by atoms with van der Waals surface area (Å²) in [5, 5.41) is 10.8. The highest BCUT2D eigenvalue weighted by Crippen LogP contribution is 2.30. The van der Waals surface area contributed by atoms with Gasteiger partial charge >= 0.3 is 0 Å². The summed E-state index contributed by atoms with van der Waals surface area (Å²) in [4.78, 5) is 12.6. The van der Waals surface area contributed by atoms with Gasteiger partial charge in [-0.1, -0.05) is 0 Å². The van der Waals surface area contributed by atoms with Crippen LogP contribution in [-0.4, -0.2) is 31.2 Å². The number of nitro benzene ring substituents is 1. The fourth-order valence-corrected chi connectivity index (χ4v) is 2.33. The molecule has 0 amide bonds. The molecule has 1 fully saturated rings. The van der Waals surface area contributed by atoms with Gasteiger partial charge in [0.05, 0.1) is 18.1 Å². The van der Waals surface area contributed by atoms with E-state index < -0.39 is 0 Å². The van der Waals surface area contributed by atoms with Crippen LogP contribution in [0.5, 0.6) is 0 Å². The zero-order valence-corrected chi connectivity index (χ0v) is 11.6. The van der Waals surface area contributed by atoms with Gasteiger partial charge in [-0.2, -0.15) is 0 Å². The molecule has 1 heterocycles. The van der Waals surface area contributed by atoms with Crippen molar-refractivity contribution in [2.45, 2.75) is 13.5 Å². The average Bonchev–Trinajstić information content (AvgIpc) is 2.38. The van der Waals surface area contributed by atoms with Gasteiger partial charge in [-0.05, 0) is 18.1 Å². The predicted octanol–water partition coefficient (Wildman–Crippen LogP) is 1.62.